The van der Waals surface area contributed by atoms with Gasteiger partial charge in [-0.05, 0) is 35.9 Å². The molecule has 106 valence electrons. The zero-order valence-electron chi connectivity index (χ0n) is 11.0. The highest BCUT2D eigenvalue weighted by molar-refractivity contribution is 9.09. The molecule has 0 heterocycles. The summed E-state index contributed by atoms with van der Waals surface area (Å²) in [5.74, 6) is 0.908. The molecule has 0 saturated heterocycles. The van der Waals surface area contributed by atoms with E-state index in [0.29, 0.717) is 22.1 Å². The predicted octanol–water partition coefficient (Wildman–Crippen LogP) is 4.98. The monoisotopic (exact) mass is 358 g/mol. The highest BCUT2D eigenvalue weighted by atomic mass is 79.9. The number of methoxy groups -OCH3 is 2. The van der Waals surface area contributed by atoms with Gasteiger partial charge in [-0.25, -0.2) is 4.39 Å². The summed E-state index contributed by atoms with van der Waals surface area (Å²) in [5, 5.41) is 0.492. The molecule has 0 aliphatic heterocycles. The normalized spacial score (nSPS) is 12.1. The van der Waals surface area contributed by atoms with Crippen molar-refractivity contribution >= 4 is 27.5 Å². The first kappa shape index (κ1) is 15.1. The molecule has 2 aromatic carbocycles. The second-order valence-electron chi connectivity index (χ2n) is 4.14. The molecule has 0 saturated carbocycles. The average Bonchev–Trinajstić information content (AvgIpc) is 2.48. The number of hydrogen-bond acceptors (Lipinski definition) is 2. The van der Waals surface area contributed by atoms with Gasteiger partial charge in [-0.1, -0.05) is 33.6 Å². The lowest BCUT2D eigenvalue weighted by Gasteiger charge is -2.15. The van der Waals surface area contributed by atoms with Crippen molar-refractivity contribution in [3.05, 3.63) is 58.4 Å². The van der Waals surface area contributed by atoms with Gasteiger partial charge in [0.2, 0.25) is 0 Å². The number of hydrogen-bond donors (Lipinski definition) is 0. The summed E-state index contributed by atoms with van der Waals surface area (Å²) in [6, 6.07) is 9.92. The van der Waals surface area contributed by atoms with Crippen LogP contribution in [0.5, 0.6) is 11.5 Å². The Morgan fingerprint density at radius 1 is 1.05 bits per heavy atom. The minimum absolute atomic E-state index is 0.314. The Bertz CT molecular complexity index is 619. The summed E-state index contributed by atoms with van der Waals surface area (Å²) in [7, 11) is 3.13. The van der Waals surface area contributed by atoms with Crippen LogP contribution in [-0.4, -0.2) is 14.2 Å². The van der Waals surface area contributed by atoms with E-state index in [4.69, 9.17) is 21.1 Å². The van der Waals surface area contributed by atoms with Crippen molar-refractivity contribution in [2.24, 2.45) is 0 Å². The molecule has 1 unspecified atom stereocenters. The molecular formula is C15H13BrClFO2. The summed E-state index contributed by atoms with van der Waals surface area (Å²) in [6.45, 7) is 0. The van der Waals surface area contributed by atoms with E-state index < -0.39 is 0 Å². The van der Waals surface area contributed by atoms with Crippen LogP contribution in [0, 0.1) is 5.82 Å². The molecule has 2 rings (SSSR count). The SMILES string of the molecule is COc1ccc(C(Br)c2cc(Cl)ccc2F)cc1OC. The van der Waals surface area contributed by atoms with Crippen molar-refractivity contribution in [2.75, 3.05) is 14.2 Å². The lowest BCUT2D eigenvalue weighted by molar-refractivity contribution is 0.354. The Kier molecular flexibility index (Phi) is 4.89. The van der Waals surface area contributed by atoms with E-state index >= 15 is 0 Å². The maximum Gasteiger partial charge on any atom is 0.161 e. The summed E-state index contributed by atoms with van der Waals surface area (Å²) < 4.78 is 24.3. The molecule has 0 aliphatic carbocycles. The number of benzene rings is 2. The molecule has 0 N–H and O–H groups in total. The quantitative estimate of drug-likeness (QED) is 0.717. The zero-order valence-corrected chi connectivity index (χ0v) is 13.3. The van der Waals surface area contributed by atoms with Crippen molar-refractivity contribution in [1.82, 2.24) is 0 Å². The van der Waals surface area contributed by atoms with E-state index in [-0.39, 0.29) is 10.6 Å². The average molecular weight is 360 g/mol. The van der Waals surface area contributed by atoms with Crippen LogP contribution < -0.4 is 9.47 Å². The Hall–Kier alpha value is -1.26. The number of halogens is 3. The summed E-state index contributed by atoms with van der Waals surface area (Å²) in [6.07, 6.45) is 0. The molecule has 2 aromatic rings. The van der Waals surface area contributed by atoms with Crippen LogP contribution in [0.15, 0.2) is 36.4 Å². The van der Waals surface area contributed by atoms with Gasteiger partial charge in [0.1, 0.15) is 5.82 Å². The van der Waals surface area contributed by atoms with E-state index in [2.05, 4.69) is 15.9 Å². The predicted molar refractivity (Wildman–Crippen MR) is 81.7 cm³/mol. The van der Waals surface area contributed by atoms with Crippen molar-refractivity contribution in [2.45, 2.75) is 4.83 Å². The molecule has 0 spiro atoms. The molecule has 0 fully saturated rings. The van der Waals surface area contributed by atoms with Crippen LogP contribution in [-0.2, 0) is 0 Å². The van der Waals surface area contributed by atoms with Gasteiger partial charge in [-0.15, -0.1) is 0 Å². The van der Waals surface area contributed by atoms with Gasteiger partial charge in [-0.3, -0.25) is 0 Å². The van der Waals surface area contributed by atoms with E-state index in [1.807, 2.05) is 6.07 Å². The van der Waals surface area contributed by atoms with Crippen molar-refractivity contribution in [3.8, 4) is 11.5 Å². The Balaban J connectivity index is 2.42. The fourth-order valence-corrected chi connectivity index (χ4v) is 2.72. The minimum atomic E-state index is -0.319. The lowest BCUT2D eigenvalue weighted by Crippen LogP contribution is -1.98. The first-order valence-electron chi connectivity index (χ1n) is 5.87. The van der Waals surface area contributed by atoms with Crippen LogP contribution in [0.25, 0.3) is 0 Å². The van der Waals surface area contributed by atoms with Gasteiger partial charge in [0.25, 0.3) is 0 Å². The topological polar surface area (TPSA) is 18.5 Å². The third-order valence-corrected chi connectivity index (χ3v) is 4.19. The molecule has 0 aromatic heterocycles. The lowest BCUT2D eigenvalue weighted by atomic mass is 10.0. The number of ether oxygens (including phenoxy) is 2. The zero-order chi connectivity index (χ0) is 14.7. The molecule has 0 radical (unpaired) electrons. The highest BCUT2D eigenvalue weighted by Crippen LogP contribution is 2.38. The fourth-order valence-electron chi connectivity index (χ4n) is 1.90. The van der Waals surface area contributed by atoms with Gasteiger partial charge < -0.3 is 9.47 Å². The van der Waals surface area contributed by atoms with Gasteiger partial charge in [0.05, 0.1) is 19.0 Å². The van der Waals surface area contributed by atoms with Gasteiger partial charge >= 0.3 is 0 Å². The summed E-state index contributed by atoms with van der Waals surface area (Å²) >= 11 is 9.42. The molecule has 0 bridgehead atoms. The van der Waals surface area contributed by atoms with E-state index in [1.54, 1.807) is 32.4 Å². The molecule has 0 amide bonds. The van der Waals surface area contributed by atoms with Crippen LogP contribution in [0.3, 0.4) is 0 Å². The molecule has 1 atom stereocenters. The largest absolute Gasteiger partial charge is 0.493 e. The van der Waals surface area contributed by atoms with Crippen molar-refractivity contribution < 1.29 is 13.9 Å². The standard InChI is InChI=1S/C15H13BrClFO2/c1-19-13-6-3-9(7-14(13)20-2)15(16)11-8-10(17)4-5-12(11)18/h3-8,15H,1-2H3. The molecular weight excluding hydrogens is 347 g/mol. The van der Waals surface area contributed by atoms with Crippen LogP contribution in [0.4, 0.5) is 4.39 Å². The molecule has 20 heavy (non-hydrogen) atoms. The molecule has 5 heteroatoms. The Morgan fingerprint density at radius 3 is 2.40 bits per heavy atom. The van der Waals surface area contributed by atoms with E-state index in [0.717, 1.165) is 5.56 Å². The van der Waals surface area contributed by atoms with E-state index in [9.17, 15) is 4.39 Å². The maximum atomic E-state index is 13.9. The van der Waals surface area contributed by atoms with Gasteiger partial charge in [-0.2, -0.15) is 0 Å². The van der Waals surface area contributed by atoms with Crippen LogP contribution in [0.1, 0.15) is 16.0 Å². The fraction of sp³-hybridized carbons (Fsp3) is 0.200. The Labute approximate surface area is 130 Å². The number of rotatable bonds is 4. The highest BCUT2D eigenvalue weighted by Gasteiger charge is 2.17. The van der Waals surface area contributed by atoms with Crippen LogP contribution >= 0.6 is 27.5 Å². The first-order chi connectivity index (χ1) is 9.56. The smallest absolute Gasteiger partial charge is 0.161 e. The second-order valence-corrected chi connectivity index (χ2v) is 5.49. The van der Waals surface area contributed by atoms with Crippen molar-refractivity contribution in [1.29, 1.82) is 0 Å². The third-order valence-electron chi connectivity index (χ3n) is 2.93. The summed E-state index contributed by atoms with van der Waals surface area (Å²) in [4.78, 5) is -0.319. The second kappa shape index (κ2) is 6.46. The maximum absolute atomic E-state index is 13.9. The molecule has 0 aliphatic rings. The van der Waals surface area contributed by atoms with Gasteiger partial charge in [0, 0.05) is 10.6 Å². The minimum Gasteiger partial charge on any atom is -0.493 e. The molecule has 2 nitrogen and oxygen atoms in total. The van der Waals surface area contributed by atoms with Gasteiger partial charge in [0.15, 0.2) is 11.5 Å². The number of alkyl halides is 1. The first-order valence-corrected chi connectivity index (χ1v) is 7.17. The van der Waals surface area contributed by atoms with Crippen LogP contribution in [0.2, 0.25) is 5.02 Å². The van der Waals surface area contributed by atoms with Crippen molar-refractivity contribution in [3.63, 3.8) is 0 Å². The third kappa shape index (κ3) is 3.07. The summed E-state index contributed by atoms with van der Waals surface area (Å²) in [5.41, 5.74) is 1.33. The van der Waals surface area contributed by atoms with E-state index in [1.165, 1.54) is 12.1 Å². The Morgan fingerprint density at radius 2 is 1.75 bits per heavy atom.